The average Bonchev–Trinajstić information content (AvgIpc) is 3.41. The third-order valence-corrected chi connectivity index (χ3v) is 5.62. The van der Waals surface area contributed by atoms with Gasteiger partial charge in [0.05, 0.1) is 44.8 Å². The molecule has 0 N–H and O–H groups in total. The number of pyridine rings is 1. The molecule has 5 rings (SSSR count). The molecule has 0 amide bonds. The van der Waals surface area contributed by atoms with Gasteiger partial charge in [-0.3, -0.25) is 0 Å². The van der Waals surface area contributed by atoms with E-state index in [1.54, 1.807) is 0 Å². The van der Waals surface area contributed by atoms with Crippen LogP contribution in [0.25, 0.3) is 16.9 Å². The highest BCUT2D eigenvalue weighted by Gasteiger charge is 2.51. The van der Waals surface area contributed by atoms with Crippen LogP contribution in [-0.4, -0.2) is 68.9 Å². The van der Waals surface area contributed by atoms with E-state index >= 15 is 8.78 Å². The van der Waals surface area contributed by atoms with Crippen molar-refractivity contribution < 1.29 is 36.2 Å². The maximum absolute atomic E-state index is 15.0. The number of ether oxygens (including phenoxy) is 3. The summed E-state index contributed by atoms with van der Waals surface area (Å²) in [6.45, 7) is -1.20. The van der Waals surface area contributed by atoms with Crippen LogP contribution >= 0.6 is 0 Å². The van der Waals surface area contributed by atoms with E-state index in [9.17, 15) is 13.2 Å². The highest BCUT2D eigenvalue weighted by molar-refractivity contribution is 5.76. The summed E-state index contributed by atoms with van der Waals surface area (Å²) in [6.07, 6.45) is -2.38. The second-order valence-corrected chi connectivity index (χ2v) is 7.96. The lowest BCUT2D eigenvalue weighted by Crippen LogP contribution is -2.36. The molecule has 0 unspecified atom stereocenters. The van der Waals surface area contributed by atoms with Crippen LogP contribution in [0.5, 0.6) is 17.8 Å². The van der Waals surface area contributed by atoms with Crippen molar-refractivity contribution in [1.82, 2.24) is 29.5 Å². The molecule has 1 atom stereocenters. The molecule has 0 aliphatic carbocycles. The standard InChI is InChI=1S/C22H18F5N7O3/c1-35-20-11(7-29-21(31-20)36-2)13-6-14(19-28-8-16(23)34(19)32-13)33-9-15(22(26,27)10-33)37-17-5-3-4-12(30-17)18(24)25/h3-8,15,18H,9-10H2,1-2H3/t15-/m0/s1. The third-order valence-electron chi connectivity index (χ3n) is 5.62. The van der Waals surface area contributed by atoms with Crippen molar-refractivity contribution in [1.29, 1.82) is 0 Å². The molecule has 0 spiro atoms. The van der Waals surface area contributed by atoms with Gasteiger partial charge >= 0.3 is 11.9 Å². The number of methoxy groups -OCH3 is 2. The fourth-order valence-electron chi connectivity index (χ4n) is 3.90. The second kappa shape index (κ2) is 9.29. The molecule has 10 nitrogen and oxygen atoms in total. The van der Waals surface area contributed by atoms with Gasteiger partial charge in [0.1, 0.15) is 11.4 Å². The Morgan fingerprint density at radius 3 is 2.62 bits per heavy atom. The summed E-state index contributed by atoms with van der Waals surface area (Å²) in [5.41, 5.74) is -0.153. The summed E-state index contributed by atoms with van der Waals surface area (Å²) in [4.78, 5) is 16.9. The summed E-state index contributed by atoms with van der Waals surface area (Å²) >= 11 is 0. The molecule has 1 aliphatic rings. The van der Waals surface area contributed by atoms with Gasteiger partial charge in [0.15, 0.2) is 11.8 Å². The summed E-state index contributed by atoms with van der Waals surface area (Å²) in [6, 6.07) is 4.96. The highest BCUT2D eigenvalue weighted by Crippen LogP contribution is 2.38. The minimum atomic E-state index is -3.41. The molecule has 5 heterocycles. The maximum Gasteiger partial charge on any atom is 0.319 e. The van der Waals surface area contributed by atoms with Crippen LogP contribution in [0.15, 0.2) is 36.7 Å². The summed E-state index contributed by atoms with van der Waals surface area (Å²) < 4.78 is 86.9. The fourth-order valence-corrected chi connectivity index (χ4v) is 3.90. The lowest BCUT2D eigenvalue weighted by Gasteiger charge is -2.19. The number of halogens is 5. The van der Waals surface area contributed by atoms with Crippen molar-refractivity contribution in [3.05, 3.63) is 48.3 Å². The Kier molecular flexibility index (Phi) is 6.13. The number of nitrogens with zero attached hydrogens (tertiary/aromatic N) is 7. The van der Waals surface area contributed by atoms with Gasteiger partial charge in [-0.15, -0.1) is 0 Å². The van der Waals surface area contributed by atoms with Crippen LogP contribution in [-0.2, 0) is 0 Å². The van der Waals surface area contributed by atoms with Crippen LogP contribution in [0, 0.1) is 5.95 Å². The van der Waals surface area contributed by atoms with E-state index in [-0.39, 0.29) is 46.9 Å². The molecule has 4 aromatic heterocycles. The van der Waals surface area contributed by atoms with Crippen molar-refractivity contribution in [2.75, 3.05) is 32.2 Å². The average molecular weight is 523 g/mol. The number of aromatic nitrogens is 6. The van der Waals surface area contributed by atoms with Crippen LogP contribution < -0.4 is 19.1 Å². The van der Waals surface area contributed by atoms with E-state index in [1.165, 1.54) is 43.5 Å². The molecule has 194 valence electrons. The minimum absolute atomic E-state index is 0.0133. The Morgan fingerprint density at radius 1 is 1.08 bits per heavy atom. The van der Waals surface area contributed by atoms with E-state index in [1.807, 2.05) is 0 Å². The Balaban J connectivity index is 1.53. The highest BCUT2D eigenvalue weighted by atomic mass is 19.3. The monoisotopic (exact) mass is 523 g/mol. The Morgan fingerprint density at radius 2 is 1.89 bits per heavy atom. The molecule has 37 heavy (non-hydrogen) atoms. The van der Waals surface area contributed by atoms with Crippen LogP contribution in [0.2, 0.25) is 0 Å². The van der Waals surface area contributed by atoms with E-state index in [0.717, 1.165) is 16.8 Å². The minimum Gasteiger partial charge on any atom is -0.480 e. The molecule has 15 heteroatoms. The molecule has 0 saturated carbocycles. The fraction of sp³-hybridized carbons (Fsp3) is 0.318. The number of rotatable bonds is 7. The first kappa shape index (κ1) is 24.4. The summed E-state index contributed by atoms with van der Waals surface area (Å²) in [5, 5.41) is 4.20. The van der Waals surface area contributed by atoms with Crippen molar-refractivity contribution in [3.63, 3.8) is 0 Å². The SMILES string of the molecule is COc1ncc(-c2cc(N3C[C@H](Oc4cccc(C(F)F)n4)C(F)(F)C3)c3ncc(F)n3n2)c(OC)n1. The molecule has 0 aromatic carbocycles. The van der Waals surface area contributed by atoms with Gasteiger partial charge in [-0.05, 0) is 12.1 Å². The van der Waals surface area contributed by atoms with Crippen LogP contribution in [0.3, 0.4) is 0 Å². The molecule has 4 aromatic rings. The normalized spacial score (nSPS) is 17.0. The molecular formula is C22H18F5N7O3. The number of imidazole rings is 1. The molecular weight excluding hydrogens is 505 g/mol. The summed E-state index contributed by atoms with van der Waals surface area (Å²) in [7, 11) is 2.71. The van der Waals surface area contributed by atoms with Gasteiger partial charge < -0.3 is 19.1 Å². The summed E-state index contributed by atoms with van der Waals surface area (Å²) in [5.74, 6) is -4.55. The largest absolute Gasteiger partial charge is 0.480 e. The van der Waals surface area contributed by atoms with Crippen molar-refractivity contribution in [2.45, 2.75) is 18.5 Å². The zero-order valence-corrected chi connectivity index (χ0v) is 19.3. The quantitative estimate of drug-likeness (QED) is 0.337. The zero-order valence-electron chi connectivity index (χ0n) is 19.3. The predicted octanol–water partition coefficient (Wildman–Crippen LogP) is 3.58. The van der Waals surface area contributed by atoms with Gasteiger partial charge in [0.2, 0.25) is 17.7 Å². The third kappa shape index (κ3) is 4.51. The van der Waals surface area contributed by atoms with Crippen molar-refractivity contribution in [3.8, 4) is 29.0 Å². The molecule has 0 bridgehead atoms. The smallest absolute Gasteiger partial charge is 0.319 e. The van der Waals surface area contributed by atoms with E-state index in [4.69, 9.17) is 14.2 Å². The number of alkyl halides is 4. The Labute approximate surface area is 205 Å². The number of hydrogen-bond donors (Lipinski definition) is 0. The first-order valence-corrected chi connectivity index (χ1v) is 10.7. The Hall–Kier alpha value is -4.30. The van der Waals surface area contributed by atoms with Crippen LogP contribution in [0.4, 0.5) is 27.6 Å². The van der Waals surface area contributed by atoms with E-state index in [0.29, 0.717) is 0 Å². The predicted molar refractivity (Wildman–Crippen MR) is 118 cm³/mol. The van der Waals surface area contributed by atoms with Gasteiger partial charge in [0, 0.05) is 12.3 Å². The van der Waals surface area contributed by atoms with Crippen LogP contribution in [0.1, 0.15) is 12.1 Å². The van der Waals surface area contributed by atoms with E-state index < -0.39 is 36.6 Å². The van der Waals surface area contributed by atoms with Gasteiger partial charge in [0.25, 0.3) is 6.43 Å². The number of hydrogen-bond acceptors (Lipinski definition) is 9. The second-order valence-electron chi connectivity index (χ2n) is 7.96. The number of fused-ring (bicyclic) bond motifs is 1. The van der Waals surface area contributed by atoms with Crippen molar-refractivity contribution >= 4 is 11.3 Å². The topological polar surface area (TPSA) is 99.8 Å². The first-order valence-electron chi connectivity index (χ1n) is 10.7. The maximum atomic E-state index is 15.0. The molecule has 0 radical (unpaired) electrons. The Bertz CT molecular complexity index is 1450. The molecule has 1 aliphatic heterocycles. The molecule has 1 saturated heterocycles. The van der Waals surface area contributed by atoms with Gasteiger partial charge in [-0.25, -0.2) is 32.5 Å². The lowest BCUT2D eigenvalue weighted by atomic mass is 10.2. The zero-order chi connectivity index (χ0) is 26.3. The van der Waals surface area contributed by atoms with Gasteiger partial charge in [-0.1, -0.05) is 6.07 Å². The number of anilines is 1. The van der Waals surface area contributed by atoms with Gasteiger partial charge in [-0.2, -0.15) is 19.0 Å². The van der Waals surface area contributed by atoms with E-state index in [2.05, 4.69) is 25.0 Å². The first-order chi connectivity index (χ1) is 17.7. The molecule has 1 fully saturated rings. The van der Waals surface area contributed by atoms with Crippen molar-refractivity contribution in [2.24, 2.45) is 0 Å². The lowest BCUT2D eigenvalue weighted by molar-refractivity contribution is -0.0610.